The molecule has 1 radical (unpaired) electrons. The highest BCUT2D eigenvalue weighted by atomic mass is 35.5. The molecule has 0 atom stereocenters. The molecule has 0 bridgehead atoms. The Labute approximate surface area is 128 Å². The molecule has 0 aliphatic carbocycles. The molecule has 21 heavy (non-hydrogen) atoms. The van der Waals surface area contributed by atoms with Crippen LogP contribution < -0.4 is 4.74 Å². The zero-order valence-electron chi connectivity index (χ0n) is 11.2. The van der Waals surface area contributed by atoms with Gasteiger partial charge >= 0.3 is 0 Å². The molecule has 0 unspecified atom stereocenters. The van der Waals surface area contributed by atoms with Gasteiger partial charge in [-0.3, -0.25) is 9.97 Å². The summed E-state index contributed by atoms with van der Waals surface area (Å²) < 4.78 is 5.71. The number of aromatic nitrogens is 2. The minimum atomic E-state index is 0.498. The third-order valence-electron chi connectivity index (χ3n) is 2.95. The van der Waals surface area contributed by atoms with Gasteiger partial charge in [-0.05, 0) is 29.8 Å². The average molecular weight is 296 g/mol. The van der Waals surface area contributed by atoms with Gasteiger partial charge in [-0.25, -0.2) is 0 Å². The van der Waals surface area contributed by atoms with Crippen LogP contribution in [0.4, 0.5) is 0 Å². The fourth-order valence-corrected chi connectivity index (χ4v) is 2.06. The summed E-state index contributed by atoms with van der Waals surface area (Å²) in [6.07, 6.45) is 8.02. The van der Waals surface area contributed by atoms with Crippen LogP contribution in [-0.4, -0.2) is 9.97 Å². The van der Waals surface area contributed by atoms with E-state index in [4.69, 9.17) is 16.3 Å². The first-order chi connectivity index (χ1) is 10.3. The summed E-state index contributed by atoms with van der Waals surface area (Å²) in [6, 6.07) is 13.5. The number of nitrogens with zero attached hydrogens (tertiary/aromatic N) is 2. The summed E-state index contributed by atoms with van der Waals surface area (Å²) in [5.41, 5.74) is 2.90. The Bertz CT molecular complexity index is 714. The molecule has 3 aromatic rings. The van der Waals surface area contributed by atoms with Crippen molar-refractivity contribution in [2.24, 2.45) is 0 Å². The average Bonchev–Trinajstić information content (AvgIpc) is 2.54. The minimum Gasteiger partial charge on any atom is -0.489 e. The molecule has 0 aliphatic heterocycles. The fraction of sp³-hybridized carbons (Fsp3) is 0.0588. The molecule has 2 aromatic heterocycles. The first-order valence-corrected chi connectivity index (χ1v) is 6.84. The predicted octanol–water partition coefficient (Wildman–Crippen LogP) is 4.18. The summed E-state index contributed by atoms with van der Waals surface area (Å²) in [5, 5.41) is 0.598. The Morgan fingerprint density at radius 1 is 1.10 bits per heavy atom. The van der Waals surface area contributed by atoms with Crippen LogP contribution in [0.15, 0.2) is 61.1 Å². The van der Waals surface area contributed by atoms with Crippen LogP contribution in [0.3, 0.4) is 0 Å². The number of ether oxygens (including phenoxy) is 1. The molecule has 0 spiro atoms. The van der Waals surface area contributed by atoms with Crippen molar-refractivity contribution >= 4 is 11.6 Å². The maximum absolute atomic E-state index is 5.93. The van der Waals surface area contributed by atoms with Gasteiger partial charge in [0.1, 0.15) is 12.4 Å². The van der Waals surface area contributed by atoms with Gasteiger partial charge in [0.2, 0.25) is 0 Å². The zero-order valence-corrected chi connectivity index (χ0v) is 11.9. The highest BCUT2D eigenvalue weighted by Crippen LogP contribution is 2.23. The van der Waals surface area contributed by atoms with Crippen LogP contribution in [0.25, 0.3) is 11.1 Å². The highest BCUT2D eigenvalue weighted by Gasteiger charge is 2.01. The molecule has 0 fully saturated rings. The summed E-state index contributed by atoms with van der Waals surface area (Å²) in [4.78, 5) is 8.02. The van der Waals surface area contributed by atoms with Crippen LogP contribution in [0, 0.1) is 6.20 Å². The molecule has 0 N–H and O–H groups in total. The number of hydrogen-bond donors (Lipinski definition) is 0. The Morgan fingerprint density at radius 3 is 2.67 bits per heavy atom. The normalized spacial score (nSPS) is 10.3. The molecule has 0 amide bonds. The maximum atomic E-state index is 5.93. The standard InChI is InChI=1S/C17H12ClN2O/c18-16-8-15(10-20-11-16)14-3-5-17(6-4-14)21-12-13-2-1-7-19-9-13/h1-9,11H,12H2. The molecule has 1 aromatic carbocycles. The first kappa shape index (κ1) is 13.6. The van der Waals surface area contributed by atoms with E-state index < -0.39 is 0 Å². The number of pyridine rings is 2. The maximum Gasteiger partial charge on any atom is 0.119 e. The topological polar surface area (TPSA) is 35.0 Å². The lowest BCUT2D eigenvalue weighted by atomic mass is 10.1. The minimum absolute atomic E-state index is 0.498. The lowest BCUT2D eigenvalue weighted by Gasteiger charge is -2.07. The SMILES string of the molecule is Clc1cn[c]c(-c2ccc(OCc3cccnc3)cc2)c1. The van der Waals surface area contributed by atoms with E-state index in [0.717, 1.165) is 22.4 Å². The van der Waals surface area contributed by atoms with E-state index >= 15 is 0 Å². The van der Waals surface area contributed by atoms with Crippen LogP contribution in [0.5, 0.6) is 5.75 Å². The van der Waals surface area contributed by atoms with Crippen LogP contribution in [0.1, 0.15) is 5.56 Å². The number of hydrogen-bond acceptors (Lipinski definition) is 3. The largest absolute Gasteiger partial charge is 0.489 e. The third kappa shape index (κ3) is 3.58. The van der Waals surface area contributed by atoms with E-state index in [1.54, 1.807) is 18.6 Å². The van der Waals surface area contributed by atoms with Crippen molar-refractivity contribution in [2.45, 2.75) is 6.61 Å². The molecule has 0 aliphatic rings. The highest BCUT2D eigenvalue weighted by molar-refractivity contribution is 6.30. The van der Waals surface area contributed by atoms with Crippen molar-refractivity contribution in [1.82, 2.24) is 9.97 Å². The Balaban J connectivity index is 1.69. The molecular formula is C17H12ClN2O. The van der Waals surface area contributed by atoms with E-state index in [1.165, 1.54) is 0 Å². The molecular weight excluding hydrogens is 284 g/mol. The van der Waals surface area contributed by atoms with E-state index in [1.807, 2.05) is 42.5 Å². The van der Waals surface area contributed by atoms with E-state index in [9.17, 15) is 0 Å². The monoisotopic (exact) mass is 295 g/mol. The fourth-order valence-electron chi connectivity index (χ4n) is 1.90. The molecule has 103 valence electrons. The van der Waals surface area contributed by atoms with E-state index in [-0.39, 0.29) is 0 Å². The van der Waals surface area contributed by atoms with Crippen molar-refractivity contribution in [1.29, 1.82) is 0 Å². The Morgan fingerprint density at radius 2 is 1.95 bits per heavy atom. The summed E-state index contributed by atoms with van der Waals surface area (Å²) in [6.45, 7) is 0.498. The van der Waals surface area contributed by atoms with Gasteiger partial charge in [0.25, 0.3) is 0 Å². The van der Waals surface area contributed by atoms with E-state index in [0.29, 0.717) is 11.6 Å². The van der Waals surface area contributed by atoms with Gasteiger partial charge in [-0.15, -0.1) is 0 Å². The predicted molar refractivity (Wildman–Crippen MR) is 82.1 cm³/mol. The lowest BCUT2D eigenvalue weighted by Crippen LogP contribution is -1.95. The van der Waals surface area contributed by atoms with Crippen LogP contribution >= 0.6 is 11.6 Å². The zero-order chi connectivity index (χ0) is 14.5. The first-order valence-electron chi connectivity index (χ1n) is 6.46. The second-order valence-electron chi connectivity index (χ2n) is 4.49. The molecule has 3 nitrogen and oxygen atoms in total. The molecule has 3 rings (SSSR count). The van der Waals surface area contributed by atoms with Crippen molar-refractivity contribution in [3.8, 4) is 16.9 Å². The Hall–Kier alpha value is -2.39. The van der Waals surface area contributed by atoms with Crippen molar-refractivity contribution in [3.05, 3.63) is 77.8 Å². The molecule has 4 heteroatoms. The molecule has 2 heterocycles. The van der Waals surface area contributed by atoms with Gasteiger partial charge in [0, 0.05) is 29.7 Å². The van der Waals surface area contributed by atoms with E-state index in [2.05, 4.69) is 16.2 Å². The van der Waals surface area contributed by atoms with Crippen molar-refractivity contribution in [3.63, 3.8) is 0 Å². The third-order valence-corrected chi connectivity index (χ3v) is 3.16. The van der Waals surface area contributed by atoms with Gasteiger partial charge in [0.05, 0.1) is 11.2 Å². The summed E-state index contributed by atoms with van der Waals surface area (Å²) in [5.74, 6) is 0.803. The van der Waals surface area contributed by atoms with Crippen LogP contribution in [-0.2, 0) is 6.61 Å². The summed E-state index contributed by atoms with van der Waals surface area (Å²) >= 11 is 5.93. The van der Waals surface area contributed by atoms with Gasteiger partial charge in [0.15, 0.2) is 0 Å². The van der Waals surface area contributed by atoms with Gasteiger partial charge in [-0.1, -0.05) is 29.8 Å². The molecule has 0 saturated heterocycles. The second kappa shape index (κ2) is 6.37. The number of benzene rings is 1. The van der Waals surface area contributed by atoms with Gasteiger partial charge < -0.3 is 4.74 Å². The van der Waals surface area contributed by atoms with Crippen molar-refractivity contribution in [2.75, 3.05) is 0 Å². The quantitative estimate of drug-likeness (QED) is 0.724. The number of halogens is 1. The molecule has 0 saturated carbocycles. The smallest absolute Gasteiger partial charge is 0.119 e. The number of rotatable bonds is 4. The lowest BCUT2D eigenvalue weighted by molar-refractivity contribution is 0.306. The van der Waals surface area contributed by atoms with Crippen molar-refractivity contribution < 1.29 is 4.74 Å². The Kier molecular flexibility index (Phi) is 4.12. The van der Waals surface area contributed by atoms with Gasteiger partial charge in [-0.2, -0.15) is 0 Å². The van der Waals surface area contributed by atoms with Crippen LogP contribution in [0.2, 0.25) is 5.02 Å². The summed E-state index contributed by atoms with van der Waals surface area (Å²) in [7, 11) is 0. The second-order valence-corrected chi connectivity index (χ2v) is 4.92.